The lowest BCUT2D eigenvalue weighted by Crippen LogP contribution is -2.46. The van der Waals surface area contributed by atoms with E-state index in [0.29, 0.717) is 18.6 Å². The van der Waals surface area contributed by atoms with Crippen molar-refractivity contribution in [3.8, 4) is 5.75 Å². The summed E-state index contributed by atoms with van der Waals surface area (Å²) in [5, 5.41) is 9.34. The van der Waals surface area contributed by atoms with E-state index in [1.165, 1.54) is 23.5 Å². The van der Waals surface area contributed by atoms with E-state index in [-0.39, 0.29) is 29.8 Å². The van der Waals surface area contributed by atoms with E-state index in [0.717, 1.165) is 18.4 Å². The van der Waals surface area contributed by atoms with Crippen LogP contribution in [0, 0.1) is 5.92 Å². The standard InChI is InChI=1S/C21H26N2O5S/c1-28-18-6-8-19(9-7-18)29(26,27)23(15-16-10-12-22-13-11-16)20-5-3-2-4-17(20)14-21(24)25/h6-13,17,20H,2-5,14-15H2,1H3,(H,24,25)/t17?,20-/m1/s1. The van der Waals surface area contributed by atoms with Gasteiger partial charge in [-0.15, -0.1) is 0 Å². The second kappa shape index (κ2) is 9.37. The molecule has 1 aromatic carbocycles. The molecule has 1 aliphatic rings. The lowest BCUT2D eigenvalue weighted by Gasteiger charge is -2.38. The van der Waals surface area contributed by atoms with Gasteiger partial charge in [-0.05, 0) is 60.7 Å². The molecule has 1 fully saturated rings. The fourth-order valence-corrected chi connectivity index (χ4v) is 5.67. The van der Waals surface area contributed by atoms with Gasteiger partial charge in [-0.2, -0.15) is 4.31 Å². The first-order valence-corrected chi connectivity index (χ1v) is 11.1. The lowest BCUT2D eigenvalue weighted by atomic mass is 9.82. The summed E-state index contributed by atoms with van der Waals surface area (Å²) in [6, 6.07) is 9.50. The summed E-state index contributed by atoms with van der Waals surface area (Å²) < 4.78 is 33.8. The minimum absolute atomic E-state index is 0.0321. The van der Waals surface area contributed by atoms with Crippen molar-refractivity contribution in [2.45, 2.75) is 49.6 Å². The van der Waals surface area contributed by atoms with Crippen LogP contribution >= 0.6 is 0 Å². The Balaban J connectivity index is 2.00. The molecule has 1 unspecified atom stereocenters. The zero-order chi connectivity index (χ0) is 20.9. The first-order valence-electron chi connectivity index (χ1n) is 9.68. The molecule has 0 radical (unpaired) electrons. The van der Waals surface area contributed by atoms with Gasteiger partial charge in [0, 0.05) is 31.4 Å². The number of carboxylic acid groups (broad SMARTS) is 1. The number of pyridine rings is 1. The number of nitrogens with zero attached hydrogens (tertiary/aromatic N) is 2. The lowest BCUT2D eigenvalue weighted by molar-refractivity contribution is -0.138. The minimum Gasteiger partial charge on any atom is -0.497 e. The number of methoxy groups -OCH3 is 1. The van der Waals surface area contributed by atoms with E-state index in [1.54, 1.807) is 36.7 Å². The normalized spacial score (nSPS) is 19.8. The van der Waals surface area contributed by atoms with E-state index in [2.05, 4.69) is 4.98 Å². The fourth-order valence-electron chi connectivity index (χ4n) is 3.96. The number of aliphatic carboxylic acids is 1. The molecule has 0 spiro atoms. The maximum absolute atomic E-state index is 13.6. The number of sulfonamides is 1. The molecular formula is C21H26N2O5S. The fraction of sp³-hybridized carbons (Fsp3) is 0.429. The Bertz CT molecular complexity index is 916. The van der Waals surface area contributed by atoms with Crippen LogP contribution in [0.5, 0.6) is 5.75 Å². The molecule has 2 atom stereocenters. The van der Waals surface area contributed by atoms with Gasteiger partial charge >= 0.3 is 5.97 Å². The molecule has 8 heteroatoms. The van der Waals surface area contributed by atoms with Gasteiger partial charge in [0.15, 0.2) is 0 Å². The Kier molecular flexibility index (Phi) is 6.87. The van der Waals surface area contributed by atoms with Gasteiger partial charge in [0.1, 0.15) is 5.75 Å². The number of rotatable bonds is 8. The van der Waals surface area contributed by atoms with Gasteiger partial charge in [-0.3, -0.25) is 9.78 Å². The first-order chi connectivity index (χ1) is 13.9. The highest BCUT2D eigenvalue weighted by molar-refractivity contribution is 7.89. The zero-order valence-electron chi connectivity index (χ0n) is 16.4. The second-order valence-corrected chi connectivity index (χ2v) is 9.18. The maximum atomic E-state index is 13.6. The summed E-state index contributed by atoms with van der Waals surface area (Å²) in [6.07, 6.45) is 6.38. The summed E-state index contributed by atoms with van der Waals surface area (Å²) in [7, 11) is -2.30. The summed E-state index contributed by atoms with van der Waals surface area (Å²) in [6.45, 7) is 0.178. The van der Waals surface area contributed by atoms with Gasteiger partial charge in [0.05, 0.1) is 12.0 Å². The summed E-state index contributed by atoms with van der Waals surface area (Å²) in [5.41, 5.74) is 0.816. The molecule has 0 saturated heterocycles. The van der Waals surface area contributed by atoms with Crippen LogP contribution in [0.4, 0.5) is 0 Å². The zero-order valence-corrected chi connectivity index (χ0v) is 17.2. The minimum atomic E-state index is -3.83. The Morgan fingerprint density at radius 3 is 2.41 bits per heavy atom. The Morgan fingerprint density at radius 1 is 1.14 bits per heavy atom. The Labute approximate surface area is 171 Å². The Morgan fingerprint density at radius 2 is 1.79 bits per heavy atom. The number of carboxylic acids is 1. The topological polar surface area (TPSA) is 96.8 Å². The van der Waals surface area contributed by atoms with E-state index in [9.17, 15) is 18.3 Å². The smallest absolute Gasteiger partial charge is 0.303 e. The van der Waals surface area contributed by atoms with E-state index in [1.807, 2.05) is 0 Å². The predicted octanol–water partition coefficient (Wildman–Crippen LogP) is 3.31. The number of benzene rings is 1. The highest BCUT2D eigenvalue weighted by Gasteiger charge is 2.38. The molecule has 29 heavy (non-hydrogen) atoms. The second-order valence-electron chi connectivity index (χ2n) is 7.29. The van der Waals surface area contributed by atoms with Crippen LogP contribution in [0.15, 0.2) is 53.7 Å². The van der Waals surface area contributed by atoms with Crippen molar-refractivity contribution in [1.82, 2.24) is 9.29 Å². The third-order valence-corrected chi connectivity index (χ3v) is 7.31. The number of hydrogen-bond donors (Lipinski definition) is 1. The summed E-state index contributed by atoms with van der Waals surface area (Å²) in [4.78, 5) is 15.6. The largest absolute Gasteiger partial charge is 0.497 e. The molecule has 1 aromatic heterocycles. The first kappa shape index (κ1) is 21.3. The van der Waals surface area contributed by atoms with Gasteiger partial charge in [-0.1, -0.05) is 12.8 Å². The van der Waals surface area contributed by atoms with Crippen molar-refractivity contribution >= 4 is 16.0 Å². The van der Waals surface area contributed by atoms with Crippen molar-refractivity contribution in [1.29, 1.82) is 0 Å². The van der Waals surface area contributed by atoms with Gasteiger partial charge < -0.3 is 9.84 Å². The number of ether oxygens (including phenoxy) is 1. The third-order valence-electron chi connectivity index (χ3n) is 5.43. The molecule has 0 bridgehead atoms. The van der Waals surface area contributed by atoms with Crippen LogP contribution in [0.2, 0.25) is 0 Å². The highest BCUT2D eigenvalue weighted by atomic mass is 32.2. The molecule has 1 aliphatic carbocycles. The number of hydrogen-bond acceptors (Lipinski definition) is 5. The average Bonchev–Trinajstić information content (AvgIpc) is 2.73. The van der Waals surface area contributed by atoms with Crippen molar-refractivity contribution in [3.05, 3.63) is 54.4 Å². The SMILES string of the molecule is COc1ccc(S(=O)(=O)N(Cc2ccncc2)[C@@H]2CCCCC2CC(=O)O)cc1. The van der Waals surface area contributed by atoms with Crippen LogP contribution < -0.4 is 4.74 Å². The molecule has 1 N–H and O–H groups in total. The molecule has 0 aliphatic heterocycles. The summed E-state index contributed by atoms with van der Waals surface area (Å²) in [5.74, 6) is -0.533. The van der Waals surface area contributed by atoms with E-state index >= 15 is 0 Å². The van der Waals surface area contributed by atoms with Crippen LogP contribution in [-0.2, 0) is 21.4 Å². The van der Waals surface area contributed by atoms with E-state index < -0.39 is 16.0 Å². The maximum Gasteiger partial charge on any atom is 0.303 e. The van der Waals surface area contributed by atoms with Crippen molar-refractivity contribution in [3.63, 3.8) is 0 Å². The van der Waals surface area contributed by atoms with Crippen molar-refractivity contribution in [2.75, 3.05) is 7.11 Å². The van der Waals surface area contributed by atoms with Crippen LogP contribution in [0.1, 0.15) is 37.7 Å². The molecule has 0 amide bonds. The van der Waals surface area contributed by atoms with E-state index in [4.69, 9.17) is 4.74 Å². The van der Waals surface area contributed by atoms with Crippen LogP contribution in [0.25, 0.3) is 0 Å². The van der Waals surface area contributed by atoms with Crippen molar-refractivity contribution < 1.29 is 23.1 Å². The van der Waals surface area contributed by atoms with Gasteiger partial charge in [0.25, 0.3) is 0 Å². The molecule has 156 valence electrons. The van der Waals surface area contributed by atoms with Crippen LogP contribution in [-0.4, -0.2) is 41.9 Å². The van der Waals surface area contributed by atoms with Gasteiger partial charge in [0.2, 0.25) is 10.0 Å². The number of carbonyl (C=O) groups is 1. The Hall–Kier alpha value is -2.45. The third kappa shape index (κ3) is 5.13. The molecule has 7 nitrogen and oxygen atoms in total. The van der Waals surface area contributed by atoms with Crippen LogP contribution in [0.3, 0.4) is 0 Å². The molecule has 1 heterocycles. The summed E-state index contributed by atoms with van der Waals surface area (Å²) >= 11 is 0. The number of aromatic nitrogens is 1. The molecule has 1 saturated carbocycles. The molecular weight excluding hydrogens is 392 g/mol. The quantitative estimate of drug-likeness (QED) is 0.706. The predicted molar refractivity (Wildman–Crippen MR) is 108 cm³/mol. The van der Waals surface area contributed by atoms with Gasteiger partial charge in [-0.25, -0.2) is 8.42 Å². The monoisotopic (exact) mass is 418 g/mol. The average molecular weight is 419 g/mol. The highest BCUT2D eigenvalue weighted by Crippen LogP contribution is 2.35. The van der Waals surface area contributed by atoms with Crippen molar-refractivity contribution in [2.24, 2.45) is 5.92 Å². The molecule has 2 aromatic rings. The molecule has 3 rings (SSSR count).